The average Bonchev–Trinajstić information content (AvgIpc) is 2.26. The van der Waals surface area contributed by atoms with Crippen LogP contribution >= 0.6 is 11.6 Å². The van der Waals surface area contributed by atoms with Gasteiger partial charge >= 0.3 is 0 Å². The van der Waals surface area contributed by atoms with E-state index < -0.39 is 15.8 Å². The Balaban J connectivity index is 2.84. The van der Waals surface area contributed by atoms with Crippen LogP contribution in [0.2, 0.25) is 0 Å². The van der Waals surface area contributed by atoms with Crippen LogP contribution in [0.1, 0.15) is 6.42 Å². The van der Waals surface area contributed by atoms with Crippen molar-refractivity contribution in [2.24, 2.45) is 0 Å². The molecule has 16 heavy (non-hydrogen) atoms. The molecule has 0 heterocycles. The Morgan fingerprint density at radius 1 is 1.31 bits per heavy atom. The number of halogens is 2. The molecular formula is C10H13ClFNO2S. The van der Waals surface area contributed by atoms with E-state index >= 15 is 0 Å². The summed E-state index contributed by atoms with van der Waals surface area (Å²) in [4.78, 5) is 0. The van der Waals surface area contributed by atoms with Gasteiger partial charge in [0.1, 0.15) is 5.82 Å². The highest BCUT2D eigenvalue weighted by atomic mass is 35.5. The Bertz CT molecular complexity index is 433. The summed E-state index contributed by atoms with van der Waals surface area (Å²) in [6.07, 6.45) is 0.398. The van der Waals surface area contributed by atoms with Crippen molar-refractivity contribution in [1.82, 2.24) is 0 Å². The summed E-state index contributed by atoms with van der Waals surface area (Å²) in [6.45, 7) is 0. The zero-order valence-electron chi connectivity index (χ0n) is 8.86. The maximum absolute atomic E-state index is 12.7. The maximum Gasteiger partial charge on any atom is 0.234 e. The molecule has 0 bridgehead atoms. The van der Waals surface area contributed by atoms with Gasteiger partial charge in [0.25, 0.3) is 0 Å². The zero-order valence-corrected chi connectivity index (χ0v) is 10.4. The zero-order chi connectivity index (χ0) is 12.2. The van der Waals surface area contributed by atoms with Crippen molar-refractivity contribution >= 4 is 27.3 Å². The van der Waals surface area contributed by atoms with E-state index in [0.717, 1.165) is 4.31 Å². The molecule has 0 amide bonds. The number of benzene rings is 1. The van der Waals surface area contributed by atoms with Crippen LogP contribution in [0.3, 0.4) is 0 Å². The quantitative estimate of drug-likeness (QED) is 0.766. The number of hydrogen-bond donors (Lipinski definition) is 0. The molecule has 0 unspecified atom stereocenters. The van der Waals surface area contributed by atoms with Gasteiger partial charge in [-0.25, -0.2) is 12.8 Å². The van der Waals surface area contributed by atoms with E-state index in [2.05, 4.69) is 0 Å². The predicted molar refractivity (Wildman–Crippen MR) is 63.9 cm³/mol. The van der Waals surface area contributed by atoms with Crippen LogP contribution in [0.15, 0.2) is 24.3 Å². The molecule has 1 aromatic rings. The number of alkyl halides is 1. The minimum Gasteiger partial charge on any atom is -0.273 e. The van der Waals surface area contributed by atoms with Crippen molar-refractivity contribution in [3.63, 3.8) is 0 Å². The number of nitrogens with zero attached hydrogens (tertiary/aromatic N) is 1. The molecule has 0 N–H and O–H groups in total. The molecule has 6 heteroatoms. The Morgan fingerprint density at radius 2 is 1.88 bits per heavy atom. The Labute approximate surface area is 99.9 Å². The molecule has 0 aliphatic carbocycles. The molecule has 0 aliphatic heterocycles. The van der Waals surface area contributed by atoms with Gasteiger partial charge in [-0.1, -0.05) is 0 Å². The lowest BCUT2D eigenvalue weighted by Gasteiger charge is -2.19. The molecule has 0 saturated heterocycles. The molecular weight excluding hydrogens is 253 g/mol. The van der Waals surface area contributed by atoms with Crippen LogP contribution in [0.4, 0.5) is 10.1 Å². The summed E-state index contributed by atoms with van der Waals surface area (Å²) >= 11 is 5.45. The van der Waals surface area contributed by atoms with Crippen LogP contribution < -0.4 is 4.31 Å². The molecule has 0 spiro atoms. The monoisotopic (exact) mass is 265 g/mol. The van der Waals surface area contributed by atoms with Crippen molar-refractivity contribution < 1.29 is 12.8 Å². The fourth-order valence-corrected chi connectivity index (χ4v) is 2.70. The van der Waals surface area contributed by atoms with Gasteiger partial charge < -0.3 is 0 Å². The number of anilines is 1. The van der Waals surface area contributed by atoms with E-state index in [-0.39, 0.29) is 5.75 Å². The first-order valence-corrected chi connectivity index (χ1v) is 6.90. The van der Waals surface area contributed by atoms with Gasteiger partial charge in [0, 0.05) is 12.9 Å². The molecule has 1 rings (SSSR count). The first-order valence-electron chi connectivity index (χ1n) is 4.75. The van der Waals surface area contributed by atoms with Crippen molar-refractivity contribution in [1.29, 1.82) is 0 Å². The second-order valence-electron chi connectivity index (χ2n) is 3.30. The van der Waals surface area contributed by atoms with Gasteiger partial charge in [-0.05, 0) is 30.7 Å². The van der Waals surface area contributed by atoms with Crippen LogP contribution in [-0.2, 0) is 10.0 Å². The van der Waals surface area contributed by atoms with Crippen LogP contribution in [0.25, 0.3) is 0 Å². The summed E-state index contributed by atoms with van der Waals surface area (Å²) in [5.74, 6) is -0.101. The number of hydrogen-bond acceptors (Lipinski definition) is 2. The van der Waals surface area contributed by atoms with E-state index in [1.807, 2.05) is 0 Å². The molecule has 0 fully saturated rings. The second kappa shape index (κ2) is 5.50. The summed E-state index contributed by atoms with van der Waals surface area (Å²) < 4.78 is 37.3. The van der Waals surface area contributed by atoms with Gasteiger partial charge in [-0.15, -0.1) is 11.6 Å². The maximum atomic E-state index is 12.7. The van der Waals surface area contributed by atoms with E-state index in [1.54, 1.807) is 0 Å². The van der Waals surface area contributed by atoms with Crippen LogP contribution in [0, 0.1) is 5.82 Å². The van der Waals surface area contributed by atoms with E-state index in [4.69, 9.17) is 11.6 Å². The third-order valence-electron chi connectivity index (χ3n) is 2.14. The summed E-state index contributed by atoms with van der Waals surface area (Å²) in [6, 6.07) is 5.30. The van der Waals surface area contributed by atoms with Gasteiger partial charge in [0.15, 0.2) is 0 Å². The fraction of sp³-hybridized carbons (Fsp3) is 0.400. The third kappa shape index (κ3) is 3.35. The lowest BCUT2D eigenvalue weighted by Crippen LogP contribution is -2.29. The van der Waals surface area contributed by atoms with Gasteiger partial charge in [-0.2, -0.15) is 0 Å². The summed E-state index contributed by atoms with van der Waals surface area (Å²) in [5.41, 5.74) is 0.441. The summed E-state index contributed by atoms with van der Waals surface area (Å²) in [7, 11) is -1.92. The number of rotatable bonds is 5. The van der Waals surface area contributed by atoms with Crippen LogP contribution in [0.5, 0.6) is 0 Å². The standard InChI is InChI=1S/C10H13ClFNO2S/c1-13(16(14,15)8-2-7-11)10-5-3-9(12)4-6-10/h3-6H,2,7-8H2,1H3. The minimum absolute atomic E-state index is 0.00955. The van der Waals surface area contributed by atoms with Gasteiger partial charge in [0.05, 0.1) is 11.4 Å². The molecule has 0 radical (unpaired) electrons. The van der Waals surface area contributed by atoms with E-state index in [9.17, 15) is 12.8 Å². The minimum atomic E-state index is -3.36. The highest BCUT2D eigenvalue weighted by Crippen LogP contribution is 2.17. The highest BCUT2D eigenvalue weighted by Gasteiger charge is 2.17. The first kappa shape index (κ1) is 13.3. The van der Waals surface area contributed by atoms with Crippen molar-refractivity contribution in [3.8, 4) is 0 Å². The van der Waals surface area contributed by atoms with Crippen molar-refractivity contribution in [2.75, 3.05) is 23.0 Å². The SMILES string of the molecule is CN(c1ccc(F)cc1)S(=O)(=O)CCCCl. The number of sulfonamides is 1. The second-order valence-corrected chi connectivity index (χ2v) is 5.80. The fourth-order valence-electron chi connectivity index (χ4n) is 1.19. The third-order valence-corrected chi connectivity index (χ3v) is 4.26. The predicted octanol–water partition coefficient (Wildman–Crippen LogP) is 2.22. The topological polar surface area (TPSA) is 37.4 Å². The van der Waals surface area contributed by atoms with Crippen LogP contribution in [-0.4, -0.2) is 27.1 Å². The Hall–Kier alpha value is -0.810. The lowest BCUT2D eigenvalue weighted by molar-refractivity contribution is 0.593. The lowest BCUT2D eigenvalue weighted by atomic mass is 10.3. The van der Waals surface area contributed by atoms with Gasteiger partial charge in [-0.3, -0.25) is 4.31 Å². The normalized spacial score (nSPS) is 11.4. The average molecular weight is 266 g/mol. The highest BCUT2D eigenvalue weighted by molar-refractivity contribution is 7.92. The Morgan fingerprint density at radius 3 is 2.38 bits per heavy atom. The van der Waals surface area contributed by atoms with E-state index in [1.165, 1.54) is 31.3 Å². The summed E-state index contributed by atoms with van der Waals surface area (Å²) in [5, 5.41) is 0. The smallest absolute Gasteiger partial charge is 0.234 e. The van der Waals surface area contributed by atoms with Gasteiger partial charge in [0.2, 0.25) is 10.0 Å². The van der Waals surface area contributed by atoms with Crippen molar-refractivity contribution in [2.45, 2.75) is 6.42 Å². The Kier molecular flexibility index (Phi) is 4.56. The molecule has 0 saturated carbocycles. The van der Waals surface area contributed by atoms with Crippen molar-refractivity contribution in [3.05, 3.63) is 30.1 Å². The first-order chi connectivity index (χ1) is 7.47. The van der Waals surface area contributed by atoms with E-state index in [0.29, 0.717) is 18.0 Å². The molecule has 0 aliphatic rings. The molecule has 1 aromatic carbocycles. The molecule has 0 aromatic heterocycles. The molecule has 0 atom stereocenters. The largest absolute Gasteiger partial charge is 0.273 e. The molecule has 90 valence electrons. The molecule has 3 nitrogen and oxygen atoms in total.